The van der Waals surface area contributed by atoms with Crippen LogP contribution in [0.15, 0.2) is 24.7 Å². The summed E-state index contributed by atoms with van der Waals surface area (Å²) in [6.45, 7) is 2.49. The number of amides is 1. The summed E-state index contributed by atoms with van der Waals surface area (Å²) in [7, 11) is 0. The van der Waals surface area contributed by atoms with Gasteiger partial charge in [-0.1, -0.05) is 6.07 Å². The molecule has 0 bridgehead atoms. The second-order valence-electron chi connectivity index (χ2n) is 3.98. The van der Waals surface area contributed by atoms with Crippen LogP contribution < -0.4 is 5.32 Å². The van der Waals surface area contributed by atoms with E-state index in [-0.39, 0.29) is 5.91 Å². The second kappa shape index (κ2) is 5.90. The lowest BCUT2D eigenvalue weighted by atomic mass is 10.1. The van der Waals surface area contributed by atoms with E-state index in [1.165, 1.54) is 6.33 Å². The van der Waals surface area contributed by atoms with Crippen molar-refractivity contribution in [2.75, 3.05) is 6.54 Å². The molecule has 0 aliphatic heterocycles. The van der Waals surface area contributed by atoms with Gasteiger partial charge in [-0.3, -0.25) is 14.9 Å². The molecule has 0 aromatic carbocycles. The van der Waals surface area contributed by atoms with E-state index in [2.05, 4.69) is 25.5 Å². The number of hydrogen-bond donors (Lipinski definition) is 2. The molecular formula is C12H15N5O. The molecule has 6 nitrogen and oxygen atoms in total. The summed E-state index contributed by atoms with van der Waals surface area (Å²) >= 11 is 0. The van der Waals surface area contributed by atoms with Crippen LogP contribution >= 0.6 is 0 Å². The van der Waals surface area contributed by atoms with Gasteiger partial charge in [0.1, 0.15) is 12.2 Å². The number of rotatable bonds is 5. The normalized spacial score (nSPS) is 10.3. The Labute approximate surface area is 105 Å². The zero-order valence-corrected chi connectivity index (χ0v) is 10.2. The minimum atomic E-state index is -0.0312. The van der Waals surface area contributed by atoms with Crippen molar-refractivity contribution in [1.29, 1.82) is 0 Å². The lowest BCUT2D eigenvalue weighted by Crippen LogP contribution is -2.28. The first kappa shape index (κ1) is 12.2. The van der Waals surface area contributed by atoms with Crippen LogP contribution in [0.4, 0.5) is 0 Å². The summed E-state index contributed by atoms with van der Waals surface area (Å²) in [5.41, 5.74) is 1.84. The highest BCUT2D eigenvalue weighted by molar-refractivity contribution is 5.78. The van der Waals surface area contributed by atoms with Crippen LogP contribution in [0.3, 0.4) is 0 Å². The third kappa shape index (κ3) is 3.38. The maximum Gasteiger partial charge on any atom is 0.226 e. The van der Waals surface area contributed by atoms with Crippen LogP contribution in [0.5, 0.6) is 0 Å². The highest BCUT2D eigenvalue weighted by atomic mass is 16.1. The molecule has 2 N–H and O–H groups in total. The molecule has 2 aromatic rings. The predicted octanol–water partition coefficient (Wildman–Crippen LogP) is 0.410. The van der Waals surface area contributed by atoms with Gasteiger partial charge in [-0.25, -0.2) is 4.98 Å². The van der Waals surface area contributed by atoms with Crippen molar-refractivity contribution in [1.82, 2.24) is 25.5 Å². The molecule has 6 heteroatoms. The van der Waals surface area contributed by atoms with E-state index in [0.717, 1.165) is 17.1 Å². The number of pyridine rings is 1. The molecule has 94 valence electrons. The molecule has 1 amide bonds. The number of hydrogen-bond acceptors (Lipinski definition) is 4. The standard InChI is InChI=1S/C12H15N5O/c1-9-3-2-5-13-10(9)7-12(18)14-6-4-11-15-8-16-17-11/h2-3,5,8H,4,6-7H2,1H3,(H,14,18)(H,15,16,17). The van der Waals surface area contributed by atoms with Gasteiger partial charge in [0.25, 0.3) is 0 Å². The van der Waals surface area contributed by atoms with E-state index in [4.69, 9.17) is 0 Å². The Morgan fingerprint density at radius 3 is 3.06 bits per heavy atom. The lowest BCUT2D eigenvalue weighted by Gasteiger charge is -2.05. The van der Waals surface area contributed by atoms with E-state index in [0.29, 0.717) is 19.4 Å². The number of nitrogens with zero attached hydrogens (tertiary/aromatic N) is 3. The van der Waals surface area contributed by atoms with Crippen molar-refractivity contribution in [3.8, 4) is 0 Å². The second-order valence-corrected chi connectivity index (χ2v) is 3.98. The van der Waals surface area contributed by atoms with Gasteiger partial charge in [0.05, 0.1) is 12.1 Å². The maximum absolute atomic E-state index is 11.7. The summed E-state index contributed by atoms with van der Waals surface area (Å²) in [4.78, 5) is 19.9. The molecule has 0 saturated heterocycles. The number of carbonyl (C=O) groups is 1. The van der Waals surface area contributed by atoms with Crippen molar-refractivity contribution in [3.05, 3.63) is 41.7 Å². The maximum atomic E-state index is 11.7. The molecule has 0 aliphatic carbocycles. The Bertz CT molecular complexity index is 509. The van der Waals surface area contributed by atoms with E-state index >= 15 is 0 Å². The molecule has 18 heavy (non-hydrogen) atoms. The van der Waals surface area contributed by atoms with E-state index in [9.17, 15) is 4.79 Å². The SMILES string of the molecule is Cc1cccnc1CC(=O)NCCc1ncn[nH]1. The fourth-order valence-electron chi connectivity index (χ4n) is 1.59. The zero-order chi connectivity index (χ0) is 12.8. The molecule has 0 spiro atoms. The van der Waals surface area contributed by atoms with Crippen LogP contribution in [0.2, 0.25) is 0 Å². The number of nitrogens with one attached hydrogen (secondary N) is 2. The fourth-order valence-corrected chi connectivity index (χ4v) is 1.59. The number of aromatic nitrogens is 4. The molecule has 0 saturated carbocycles. The molecule has 0 unspecified atom stereocenters. The first-order valence-electron chi connectivity index (χ1n) is 5.77. The number of carbonyl (C=O) groups excluding carboxylic acids is 1. The predicted molar refractivity (Wildman–Crippen MR) is 65.8 cm³/mol. The monoisotopic (exact) mass is 245 g/mol. The third-order valence-corrected chi connectivity index (χ3v) is 2.59. The van der Waals surface area contributed by atoms with E-state index in [1.807, 2.05) is 19.1 Å². The van der Waals surface area contributed by atoms with Crippen LogP contribution in [0.25, 0.3) is 0 Å². The molecule has 0 fully saturated rings. The Morgan fingerprint density at radius 2 is 2.33 bits per heavy atom. The summed E-state index contributed by atoms with van der Waals surface area (Å²) in [5.74, 6) is 0.737. The number of H-pyrrole nitrogens is 1. The van der Waals surface area contributed by atoms with Gasteiger partial charge >= 0.3 is 0 Å². The molecule has 0 atom stereocenters. The Hall–Kier alpha value is -2.24. The highest BCUT2D eigenvalue weighted by Gasteiger charge is 2.06. The van der Waals surface area contributed by atoms with Crippen molar-refractivity contribution < 1.29 is 4.79 Å². The van der Waals surface area contributed by atoms with E-state index in [1.54, 1.807) is 6.20 Å². The van der Waals surface area contributed by atoms with Crippen LogP contribution in [-0.2, 0) is 17.6 Å². The molecule has 2 aromatic heterocycles. The first-order valence-corrected chi connectivity index (χ1v) is 5.77. The summed E-state index contributed by atoms with van der Waals surface area (Å²) < 4.78 is 0. The van der Waals surface area contributed by atoms with E-state index < -0.39 is 0 Å². The van der Waals surface area contributed by atoms with Crippen molar-refractivity contribution in [2.45, 2.75) is 19.8 Å². The van der Waals surface area contributed by atoms with Gasteiger partial charge in [-0.05, 0) is 18.6 Å². The molecule has 2 rings (SSSR count). The zero-order valence-electron chi connectivity index (χ0n) is 10.2. The highest BCUT2D eigenvalue weighted by Crippen LogP contribution is 2.03. The number of aromatic amines is 1. The van der Waals surface area contributed by atoms with Gasteiger partial charge in [0.2, 0.25) is 5.91 Å². The minimum absolute atomic E-state index is 0.0312. The summed E-state index contributed by atoms with van der Waals surface area (Å²) in [6.07, 6.45) is 4.11. The van der Waals surface area contributed by atoms with Crippen LogP contribution in [0.1, 0.15) is 17.1 Å². The molecule has 2 heterocycles. The Kier molecular flexibility index (Phi) is 4.01. The van der Waals surface area contributed by atoms with Gasteiger partial charge < -0.3 is 5.32 Å². The van der Waals surface area contributed by atoms with Crippen LogP contribution in [0, 0.1) is 6.92 Å². The Balaban J connectivity index is 1.77. The fraction of sp³-hybridized carbons (Fsp3) is 0.333. The van der Waals surface area contributed by atoms with Gasteiger partial charge in [-0.15, -0.1) is 0 Å². The van der Waals surface area contributed by atoms with Crippen molar-refractivity contribution in [3.63, 3.8) is 0 Å². The molecule has 0 radical (unpaired) electrons. The number of aryl methyl sites for hydroxylation is 1. The largest absolute Gasteiger partial charge is 0.355 e. The van der Waals surface area contributed by atoms with Crippen LogP contribution in [-0.4, -0.2) is 32.6 Å². The average molecular weight is 245 g/mol. The Morgan fingerprint density at radius 1 is 1.44 bits per heavy atom. The average Bonchev–Trinajstić information content (AvgIpc) is 2.85. The van der Waals surface area contributed by atoms with Gasteiger partial charge in [0, 0.05) is 19.2 Å². The summed E-state index contributed by atoms with van der Waals surface area (Å²) in [5, 5.41) is 9.32. The van der Waals surface area contributed by atoms with Crippen molar-refractivity contribution >= 4 is 5.91 Å². The third-order valence-electron chi connectivity index (χ3n) is 2.59. The molecule has 0 aliphatic rings. The van der Waals surface area contributed by atoms with Crippen molar-refractivity contribution in [2.24, 2.45) is 0 Å². The van der Waals surface area contributed by atoms with Gasteiger partial charge in [0.15, 0.2) is 0 Å². The lowest BCUT2D eigenvalue weighted by molar-refractivity contribution is -0.120. The first-order chi connectivity index (χ1) is 8.75. The molecular weight excluding hydrogens is 230 g/mol. The minimum Gasteiger partial charge on any atom is -0.355 e. The quantitative estimate of drug-likeness (QED) is 0.799. The summed E-state index contributed by atoms with van der Waals surface area (Å²) in [6, 6.07) is 3.81. The smallest absolute Gasteiger partial charge is 0.226 e. The van der Waals surface area contributed by atoms with Gasteiger partial charge in [-0.2, -0.15) is 5.10 Å². The topological polar surface area (TPSA) is 83.6 Å².